The van der Waals surface area contributed by atoms with Crippen molar-refractivity contribution in [1.29, 1.82) is 0 Å². The molecule has 0 unspecified atom stereocenters. The highest BCUT2D eigenvalue weighted by atomic mass is 35.5. The lowest BCUT2D eigenvalue weighted by atomic mass is 9.92. The zero-order valence-electron chi connectivity index (χ0n) is 19.7. The van der Waals surface area contributed by atoms with E-state index < -0.39 is 11.8 Å². The molecule has 2 heterocycles. The van der Waals surface area contributed by atoms with Gasteiger partial charge in [0.1, 0.15) is 11.4 Å². The van der Waals surface area contributed by atoms with Crippen LogP contribution in [-0.4, -0.2) is 21.8 Å². The average molecular weight is 504 g/mol. The smallest absolute Gasteiger partial charge is 0.274 e. The van der Waals surface area contributed by atoms with Crippen LogP contribution in [0, 0.1) is 19.8 Å². The predicted octanol–water partition coefficient (Wildman–Crippen LogP) is 4.61. The number of nitrogens with one attached hydrogen (secondary N) is 1. The van der Waals surface area contributed by atoms with Crippen molar-refractivity contribution in [3.8, 4) is 11.1 Å². The Morgan fingerprint density at radius 1 is 0.971 bits per heavy atom. The number of carbonyl (C=O) groups excluding carboxylic acids is 2. The van der Waals surface area contributed by atoms with Crippen LogP contribution in [0.1, 0.15) is 57.3 Å². The molecule has 2 aromatic heterocycles. The van der Waals surface area contributed by atoms with Crippen LogP contribution in [0.3, 0.4) is 0 Å². The molecular weight excluding hydrogens is 473 g/mol. The summed E-state index contributed by atoms with van der Waals surface area (Å²) in [5, 5.41) is 2.96. The fourth-order valence-corrected chi connectivity index (χ4v) is 3.65. The van der Waals surface area contributed by atoms with Gasteiger partial charge < -0.3 is 16.8 Å². The van der Waals surface area contributed by atoms with Crippen LogP contribution in [0.15, 0.2) is 42.5 Å². The second-order valence-electron chi connectivity index (χ2n) is 8.27. The molecule has 0 bridgehead atoms. The van der Waals surface area contributed by atoms with E-state index in [-0.39, 0.29) is 42.7 Å². The molecule has 3 aromatic rings. The van der Waals surface area contributed by atoms with Crippen molar-refractivity contribution < 1.29 is 9.59 Å². The van der Waals surface area contributed by atoms with Gasteiger partial charge in [0.2, 0.25) is 0 Å². The number of halogens is 2. The number of amides is 2. The van der Waals surface area contributed by atoms with Crippen LogP contribution in [0.2, 0.25) is 0 Å². The molecule has 34 heavy (non-hydrogen) atoms. The van der Waals surface area contributed by atoms with Gasteiger partial charge in [-0.2, -0.15) is 0 Å². The summed E-state index contributed by atoms with van der Waals surface area (Å²) in [6.45, 7) is 8.45. The van der Waals surface area contributed by atoms with Gasteiger partial charge in [-0.3, -0.25) is 14.6 Å². The van der Waals surface area contributed by atoms with Gasteiger partial charge in [-0.05, 0) is 49.4 Å². The van der Waals surface area contributed by atoms with E-state index in [1.807, 2.05) is 38.1 Å². The summed E-state index contributed by atoms with van der Waals surface area (Å²) in [7, 11) is 0. The van der Waals surface area contributed by atoms with E-state index in [0.717, 1.165) is 34.4 Å². The Morgan fingerprint density at radius 3 is 2.15 bits per heavy atom. The zero-order valence-corrected chi connectivity index (χ0v) is 21.3. The number of rotatable bonds is 7. The van der Waals surface area contributed by atoms with Crippen molar-refractivity contribution in [2.75, 3.05) is 5.32 Å². The average Bonchev–Trinajstić information content (AvgIpc) is 2.75. The van der Waals surface area contributed by atoms with E-state index in [2.05, 4.69) is 24.1 Å². The van der Waals surface area contributed by atoms with Crippen molar-refractivity contribution in [1.82, 2.24) is 9.97 Å². The Hall–Kier alpha value is -3.00. The number of aryl methyl sites for hydroxylation is 2. The minimum atomic E-state index is -0.693. The number of carbonyl (C=O) groups is 2. The van der Waals surface area contributed by atoms with Crippen LogP contribution in [-0.2, 0) is 13.0 Å². The first-order valence-electron chi connectivity index (χ1n) is 10.6. The van der Waals surface area contributed by atoms with Gasteiger partial charge in [-0.1, -0.05) is 49.7 Å². The molecule has 9 heteroatoms. The number of benzene rings is 1. The Bertz CT molecular complexity index is 1160. The molecule has 0 saturated carbocycles. The summed E-state index contributed by atoms with van der Waals surface area (Å²) < 4.78 is 0. The number of nitrogens with zero attached hydrogens (tertiary/aromatic N) is 2. The zero-order chi connectivity index (χ0) is 23.4. The topological polar surface area (TPSA) is 124 Å². The van der Waals surface area contributed by atoms with E-state index >= 15 is 0 Å². The Balaban J connectivity index is 0.00000289. The fourth-order valence-electron chi connectivity index (χ4n) is 3.65. The first-order chi connectivity index (χ1) is 15.2. The molecule has 5 N–H and O–H groups in total. The number of hydrogen-bond donors (Lipinski definition) is 3. The molecule has 2 amide bonds. The van der Waals surface area contributed by atoms with E-state index in [9.17, 15) is 9.59 Å². The number of hydrogen-bond acceptors (Lipinski definition) is 5. The highest BCUT2D eigenvalue weighted by Gasteiger charge is 2.22. The maximum absolute atomic E-state index is 13.1. The minimum Gasteiger partial charge on any atom is -0.364 e. The summed E-state index contributed by atoms with van der Waals surface area (Å²) >= 11 is 0. The SMILES string of the molecule is Cc1ccc(-c2c(CN)c(CC(C)C)nc(C)c2NC(=O)c2cccc(C(N)=O)n2)cc1.Cl.Cl. The third-order valence-corrected chi connectivity index (χ3v) is 5.18. The first-order valence-corrected chi connectivity index (χ1v) is 10.6. The van der Waals surface area contributed by atoms with Crippen molar-refractivity contribution in [2.45, 2.75) is 40.7 Å². The van der Waals surface area contributed by atoms with Crippen molar-refractivity contribution in [3.63, 3.8) is 0 Å². The maximum Gasteiger partial charge on any atom is 0.274 e. The predicted molar refractivity (Wildman–Crippen MR) is 141 cm³/mol. The van der Waals surface area contributed by atoms with Crippen LogP contribution in [0.25, 0.3) is 11.1 Å². The van der Waals surface area contributed by atoms with Crippen molar-refractivity contribution >= 4 is 42.3 Å². The van der Waals surface area contributed by atoms with Gasteiger partial charge >= 0.3 is 0 Å². The molecule has 0 fully saturated rings. The highest BCUT2D eigenvalue weighted by molar-refractivity contribution is 6.06. The van der Waals surface area contributed by atoms with Crippen LogP contribution >= 0.6 is 24.8 Å². The molecular formula is C25H31Cl2N5O2. The largest absolute Gasteiger partial charge is 0.364 e. The Labute approximate surface area is 212 Å². The van der Waals surface area contributed by atoms with E-state index in [4.69, 9.17) is 16.5 Å². The first kappa shape index (κ1) is 29.0. The second kappa shape index (κ2) is 12.5. The summed E-state index contributed by atoms with van der Waals surface area (Å²) in [6.07, 6.45) is 0.780. The fraction of sp³-hybridized carbons (Fsp3) is 0.280. The lowest BCUT2D eigenvalue weighted by Gasteiger charge is -2.21. The molecule has 3 rings (SSSR count). The van der Waals surface area contributed by atoms with Crippen LogP contribution in [0.4, 0.5) is 5.69 Å². The monoisotopic (exact) mass is 503 g/mol. The van der Waals surface area contributed by atoms with Gasteiger partial charge in [0.25, 0.3) is 11.8 Å². The summed E-state index contributed by atoms with van der Waals surface area (Å²) in [6, 6.07) is 12.7. The van der Waals surface area contributed by atoms with Crippen LogP contribution in [0.5, 0.6) is 0 Å². The molecule has 7 nitrogen and oxygen atoms in total. The van der Waals surface area contributed by atoms with Gasteiger partial charge in [-0.15, -0.1) is 24.8 Å². The van der Waals surface area contributed by atoms with Gasteiger partial charge in [0.05, 0.1) is 11.4 Å². The lowest BCUT2D eigenvalue weighted by molar-refractivity contribution is 0.0995. The molecule has 0 spiro atoms. The second-order valence-corrected chi connectivity index (χ2v) is 8.27. The van der Waals surface area contributed by atoms with Crippen molar-refractivity contribution in [2.24, 2.45) is 17.4 Å². The van der Waals surface area contributed by atoms with E-state index in [1.54, 1.807) is 6.07 Å². The Morgan fingerprint density at radius 2 is 1.59 bits per heavy atom. The van der Waals surface area contributed by atoms with Gasteiger partial charge in [0.15, 0.2) is 0 Å². The molecule has 0 atom stereocenters. The third kappa shape index (κ3) is 6.53. The lowest BCUT2D eigenvalue weighted by Crippen LogP contribution is -2.20. The highest BCUT2D eigenvalue weighted by Crippen LogP contribution is 2.36. The molecule has 0 aliphatic carbocycles. The van der Waals surface area contributed by atoms with E-state index in [1.165, 1.54) is 12.1 Å². The number of anilines is 1. The number of nitrogens with two attached hydrogens (primary N) is 2. The van der Waals surface area contributed by atoms with Crippen LogP contribution < -0.4 is 16.8 Å². The molecule has 0 saturated heterocycles. The molecule has 182 valence electrons. The number of aromatic nitrogens is 2. The standard InChI is InChI=1S/C25H29N5O2.2ClH/c1-14(2)12-21-18(13-26)22(17-10-8-15(3)9-11-17)23(16(4)28-21)30-25(32)20-7-5-6-19(29-20)24(27)31;;/h5-11,14H,12-13,26H2,1-4H3,(H2,27,31)(H,30,32);2*1H. The van der Waals surface area contributed by atoms with Gasteiger partial charge in [0, 0.05) is 17.8 Å². The summed E-state index contributed by atoms with van der Waals surface area (Å²) in [5.41, 5.74) is 17.7. The normalized spacial score (nSPS) is 10.3. The molecule has 0 aliphatic rings. The third-order valence-electron chi connectivity index (χ3n) is 5.18. The molecule has 1 aromatic carbocycles. The van der Waals surface area contributed by atoms with E-state index in [0.29, 0.717) is 17.3 Å². The maximum atomic E-state index is 13.1. The minimum absolute atomic E-state index is 0. The quantitative estimate of drug-likeness (QED) is 0.434. The summed E-state index contributed by atoms with van der Waals surface area (Å²) in [5.74, 6) is -0.744. The van der Waals surface area contributed by atoms with Crippen molar-refractivity contribution in [3.05, 3.63) is 76.4 Å². The summed E-state index contributed by atoms with van der Waals surface area (Å²) in [4.78, 5) is 33.4. The molecule has 0 radical (unpaired) electrons. The molecule has 0 aliphatic heterocycles. The Kier molecular flexibility index (Phi) is 10.6. The van der Waals surface area contributed by atoms with Gasteiger partial charge in [-0.25, -0.2) is 4.98 Å². The number of primary amides is 1. The number of pyridine rings is 2.